The molecule has 3 aromatic heterocycles. The number of carbonyl (C=O) groups excluding carboxylic acids is 1. The van der Waals surface area contributed by atoms with E-state index in [9.17, 15) is 19.6 Å². The highest BCUT2D eigenvalue weighted by Crippen LogP contribution is 2.34. The SMILES string of the molecule is Cc1cc(Oc2ncccc2C#N)ccc1NC(=O)c1cnc2c(c1)c(=O)[nH]c(=O)n2C1CC1. The van der Waals surface area contributed by atoms with Crippen LogP contribution in [0.2, 0.25) is 0 Å². The van der Waals surface area contributed by atoms with Crippen LogP contribution in [0.15, 0.2) is 58.4 Å². The molecule has 1 aromatic carbocycles. The van der Waals surface area contributed by atoms with Crippen molar-refractivity contribution in [3.8, 4) is 17.7 Å². The van der Waals surface area contributed by atoms with Gasteiger partial charge in [0.25, 0.3) is 11.5 Å². The van der Waals surface area contributed by atoms with Gasteiger partial charge in [0.2, 0.25) is 5.88 Å². The normalized spacial score (nSPS) is 12.8. The minimum absolute atomic E-state index is 0.0257. The molecule has 0 bridgehead atoms. The van der Waals surface area contributed by atoms with E-state index in [1.165, 1.54) is 23.0 Å². The summed E-state index contributed by atoms with van der Waals surface area (Å²) in [7, 11) is 0. The fourth-order valence-corrected chi connectivity index (χ4v) is 3.64. The maximum Gasteiger partial charge on any atom is 0.330 e. The molecule has 1 amide bonds. The van der Waals surface area contributed by atoms with Gasteiger partial charge in [-0.2, -0.15) is 5.26 Å². The quantitative estimate of drug-likeness (QED) is 0.472. The third-order valence-corrected chi connectivity index (χ3v) is 5.51. The van der Waals surface area contributed by atoms with E-state index in [-0.39, 0.29) is 28.5 Å². The lowest BCUT2D eigenvalue weighted by Gasteiger charge is -2.12. The van der Waals surface area contributed by atoms with E-state index in [4.69, 9.17) is 4.74 Å². The van der Waals surface area contributed by atoms with Crippen molar-refractivity contribution in [1.29, 1.82) is 5.26 Å². The molecule has 168 valence electrons. The summed E-state index contributed by atoms with van der Waals surface area (Å²) in [5.41, 5.74) is 0.953. The van der Waals surface area contributed by atoms with E-state index < -0.39 is 17.2 Å². The topological polar surface area (TPSA) is 143 Å². The minimum atomic E-state index is -0.581. The number of hydrogen-bond acceptors (Lipinski definition) is 7. The molecule has 0 radical (unpaired) electrons. The van der Waals surface area contributed by atoms with Gasteiger partial charge >= 0.3 is 5.69 Å². The molecule has 1 aliphatic carbocycles. The Morgan fingerprint density at radius 2 is 2.06 bits per heavy atom. The number of aryl methyl sites for hydroxylation is 1. The summed E-state index contributed by atoms with van der Waals surface area (Å²) < 4.78 is 7.18. The van der Waals surface area contributed by atoms with E-state index in [2.05, 4.69) is 20.3 Å². The first-order chi connectivity index (χ1) is 16.4. The highest BCUT2D eigenvalue weighted by molar-refractivity contribution is 6.05. The van der Waals surface area contributed by atoms with Gasteiger partial charge in [0.1, 0.15) is 23.0 Å². The highest BCUT2D eigenvalue weighted by Gasteiger charge is 2.27. The van der Waals surface area contributed by atoms with Gasteiger partial charge in [-0.3, -0.25) is 19.1 Å². The van der Waals surface area contributed by atoms with Crippen LogP contribution < -0.4 is 21.3 Å². The second-order valence-corrected chi connectivity index (χ2v) is 7.96. The molecule has 34 heavy (non-hydrogen) atoms. The second kappa shape index (κ2) is 8.29. The van der Waals surface area contributed by atoms with Crippen molar-refractivity contribution >= 4 is 22.6 Å². The van der Waals surface area contributed by atoms with Gasteiger partial charge in [0.15, 0.2) is 0 Å². The summed E-state index contributed by atoms with van der Waals surface area (Å²) in [6.07, 6.45) is 4.58. The molecule has 0 saturated heterocycles. The van der Waals surface area contributed by atoms with Gasteiger partial charge in [-0.25, -0.2) is 14.8 Å². The number of aromatic amines is 1. The molecule has 10 heteroatoms. The monoisotopic (exact) mass is 454 g/mol. The summed E-state index contributed by atoms with van der Waals surface area (Å²) >= 11 is 0. The number of hydrogen-bond donors (Lipinski definition) is 2. The van der Waals surface area contributed by atoms with Crippen molar-refractivity contribution in [3.05, 3.63) is 86.3 Å². The van der Waals surface area contributed by atoms with E-state index in [1.807, 2.05) is 6.07 Å². The van der Waals surface area contributed by atoms with Crippen LogP contribution in [0.25, 0.3) is 11.0 Å². The Morgan fingerprint density at radius 3 is 2.79 bits per heavy atom. The molecule has 1 aliphatic rings. The van der Waals surface area contributed by atoms with Crippen LogP contribution in [-0.4, -0.2) is 25.4 Å². The Balaban J connectivity index is 1.39. The molecule has 10 nitrogen and oxygen atoms in total. The number of nitriles is 1. The van der Waals surface area contributed by atoms with Crippen LogP contribution in [0.5, 0.6) is 11.6 Å². The Kier molecular flexibility index (Phi) is 5.14. The van der Waals surface area contributed by atoms with Crippen LogP contribution in [0.1, 0.15) is 40.4 Å². The number of anilines is 1. The van der Waals surface area contributed by atoms with Gasteiger partial charge in [0.05, 0.1) is 10.9 Å². The highest BCUT2D eigenvalue weighted by atomic mass is 16.5. The number of nitrogens with zero attached hydrogens (tertiary/aromatic N) is 4. The predicted octanol–water partition coefficient (Wildman–Crippen LogP) is 3.04. The Morgan fingerprint density at radius 1 is 1.24 bits per heavy atom. The lowest BCUT2D eigenvalue weighted by Crippen LogP contribution is -2.30. The zero-order chi connectivity index (χ0) is 23.8. The molecule has 5 rings (SSSR count). The molecule has 0 aliphatic heterocycles. The summed E-state index contributed by atoms with van der Waals surface area (Å²) in [5.74, 6) is 0.201. The van der Waals surface area contributed by atoms with Crippen molar-refractivity contribution in [1.82, 2.24) is 19.5 Å². The third kappa shape index (κ3) is 3.91. The fourth-order valence-electron chi connectivity index (χ4n) is 3.64. The maximum absolute atomic E-state index is 12.9. The number of aromatic nitrogens is 4. The summed E-state index contributed by atoms with van der Waals surface area (Å²) in [4.78, 5) is 48.0. The average Bonchev–Trinajstić information content (AvgIpc) is 3.66. The van der Waals surface area contributed by atoms with Crippen LogP contribution >= 0.6 is 0 Å². The van der Waals surface area contributed by atoms with Gasteiger partial charge < -0.3 is 10.1 Å². The Bertz CT molecular complexity index is 1610. The number of H-pyrrole nitrogens is 1. The number of nitrogens with one attached hydrogen (secondary N) is 2. The lowest BCUT2D eigenvalue weighted by atomic mass is 10.1. The number of pyridine rings is 2. The molecule has 1 saturated carbocycles. The molecular weight excluding hydrogens is 436 g/mol. The number of fused-ring (bicyclic) bond motifs is 1. The predicted molar refractivity (Wildman–Crippen MR) is 123 cm³/mol. The molecule has 2 N–H and O–H groups in total. The van der Waals surface area contributed by atoms with Crippen molar-refractivity contribution < 1.29 is 9.53 Å². The van der Waals surface area contributed by atoms with E-state index >= 15 is 0 Å². The zero-order valence-corrected chi connectivity index (χ0v) is 18.0. The molecule has 0 spiro atoms. The van der Waals surface area contributed by atoms with Gasteiger partial charge in [-0.15, -0.1) is 0 Å². The smallest absolute Gasteiger partial charge is 0.330 e. The molecular formula is C24H18N6O4. The number of rotatable bonds is 5. The van der Waals surface area contributed by atoms with Gasteiger partial charge in [-0.1, -0.05) is 0 Å². The molecule has 1 fully saturated rings. The Labute approximate surface area is 192 Å². The zero-order valence-electron chi connectivity index (χ0n) is 18.0. The van der Waals surface area contributed by atoms with Crippen molar-refractivity contribution in [2.45, 2.75) is 25.8 Å². The fraction of sp³-hybridized carbons (Fsp3) is 0.167. The summed E-state index contributed by atoms with van der Waals surface area (Å²) in [6.45, 7) is 1.80. The molecule has 4 aromatic rings. The van der Waals surface area contributed by atoms with E-state index in [0.29, 0.717) is 17.0 Å². The summed E-state index contributed by atoms with van der Waals surface area (Å²) in [5, 5.41) is 12.2. The van der Waals surface area contributed by atoms with Gasteiger partial charge in [0, 0.05) is 24.1 Å². The molecule has 3 heterocycles. The van der Waals surface area contributed by atoms with Crippen LogP contribution in [-0.2, 0) is 0 Å². The van der Waals surface area contributed by atoms with E-state index in [1.54, 1.807) is 37.3 Å². The van der Waals surface area contributed by atoms with Crippen LogP contribution in [0.4, 0.5) is 5.69 Å². The van der Waals surface area contributed by atoms with Crippen LogP contribution in [0.3, 0.4) is 0 Å². The maximum atomic E-state index is 12.9. The minimum Gasteiger partial charge on any atom is -0.438 e. The first kappa shape index (κ1) is 21.1. The van der Waals surface area contributed by atoms with Crippen LogP contribution in [0, 0.1) is 18.3 Å². The average molecular weight is 454 g/mol. The first-order valence-electron chi connectivity index (χ1n) is 10.5. The number of ether oxygens (including phenoxy) is 1. The largest absolute Gasteiger partial charge is 0.438 e. The van der Waals surface area contributed by atoms with Gasteiger partial charge in [-0.05, 0) is 61.7 Å². The molecule has 0 unspecified atom stereocenters. The first-order valence-corrected chi connectivity index (χ1v) is 10.5. The van der Waals surface area contributed by atoms with Crippen molar-refractivity contribution in [3.63, 3.8) is 0 Å². The number of carbonyl (C=O) groups is 1. The number of amides is 1. The number of benzene rings is 1. The van der Waals surface area contributed by atoms with Crippen molar-refractivity contribution in [2.24, 2.45) is 0 Å². The third-order valence-electron chi connectivity index (χ3n) is 5.51. The second-order valence-electron chi connectivity index (χ2n) is 7.96. The Hall–Kier alpha value is -4.78. The molecule has 0 atom stereocenters. The van der Waals surface area contributed by atoms with E-state index in [0.717, 1.165) is 18.4 Å². The van der Waals surface area contributed by atoms with Crippen molar-refractivity contribution in [2.75, 3.05) is 5.32 Å². The summed E-state index contributed by atoms with van der Waals surface area (Å²) in [6, 6.07) is 11.8. The standard InChI is InChI=1S/C24H18N6O4/c1-13-9-17(34-23-14(11-25)3-2-8-26-23)6-7-19(13)28-21(31)15-10-18-20(27-12-15)30(16-4-5-16)24(33)29-22(18)32/h2-3,6-10,12,16H,4-5H2,1H3,(H,28,31)(H,29,32,33). The lowest BCUT2D eigenvalue weighted by molar-refractivity contribution is 0.102.